The molecule has 122 valence electrons. The van der Waals surface area contributed by atoms with Crippen LogP contribution in [0.3, 0.4) is 0 Å². The van der Waals surface area contributed by atoms with Gasteiger partial charge in [0.25, 0.3) is 0 Å². The van der Waals surface area contributed by atoms with Crippen LogP contribution in [-0.2, 0) is 13.0 Å². The lowest BCUT2D eigenvalue weighted by Crippen LogP contribution is -2.25. The third-order valence-electron chi connectivity index (χ3n) is 3.65. The van der Waals surface area contributed by atoms with Crippen molar-refractivity contribution >= 4 is 6.29 Å². The number of aromatic hydroxyl groups is 1. The highest BCUT2D eigenvalue weighted by Crippen LogP contribution is 2.27. The maximum absolute atomic E-state index is 10.9. The Bertz CT molecular complexity index is 684. The molecule has 0 fully saturated rings. The molecular weight excluding hydrogens is 292 g/mol. The number of carbonyl (C=O) groups is 1. The lowest BCUT2D eigenvalue weighted by atomic mass is 9.85. The van der Waals surface area contributed by atoms with Gasteiger partial charge in [0.2, 0.25) is 0 Å². The van der Waals surface area contributed by atoms with E-state index in [1.54, 1.807) is 12.3 Å². The Balaban J connectivity index is 2.05. The SMILES string of the molecule is CC(C)(COc1ccc(O)c(C=O)c1)Cc1cnccc1CN. The average Bonchev–Trinajstić information content (AvgIpc) is 2.54. The van der Waals surface area contributed by atoms with Gasteiger partial charge in [0, 0.05) is 24.4 Å². The summed E-state index contributed by atoms with van der Waals surface area (Å²) in [5.74, 6) is 0.512. The second kappa shape index (κ2) is 7.24. The first-order valence-electron chi connectivity index (χ1n) is 7.48. The summed E-state index contributed by atoms with van der Waals surface area (Å²) in [5.41, 5.74) is 8.05. The van der Waals surface area contributed by atoms with E-state index in [1.165, 1.54) is 12.1 Å². The van der Waals surface area contributed by atoms with Gasteiger partial charge in [0.1, 0.15) is 11.5 Å². The number of phenolic OH excluding ortho intramolecular Hbond substituents is 1. The fourth-order valence-corrected chi connectivity index (χ4v) is 2.38. The highest BCUT2D eigenvalue weighted by Gasteiger charge is 2.21. The summed E-state index contributed by atoms with van der Waals surface area (Å²) >= 11 is 0. The molecule has 5 nitrogen and oxygen atoms in total. The number of aldehydes is 1. The first-order chi connectivity index (χ1) is 10.9. The number of hydrogen-bond acceptors (Lipinski definition) is 5. The van der Waals surface area contributed by atoms with Crippen molar-refractivity contribution in [2.45, 2.75) is 26.8 Å². The summed E-state index contributed by atoms with van der Waals surface area (Å²) < 4.78 is 5.79. The summed E-state index contributed by atoms with van der Waals surface area (Å²) in [7, 11) is 0. The van der Waals surface area contributed by atoms with Gasteiger partial charge in [-0.3, -0.25) is 9.78 Å². The number of rotatable bonds is 7. The molecule has 0 atom stereocenters. The van der Waals surface area contributed by atoms with Crippen molar-refractivity contribution < 1.29 is 14.6 Å². The van der Waals surface area contributed by atoms with Gasteiger partial charge in [-0.1, -0.05) is 13.8 Å². The first kappa shape index (κ1) is 17.0. The minimum atomic E-state index is -0.133. The molecule has 5 heteroatoms. The Hall–Kier alpha value is -2.40. The summed E-state index contributed by atoms with van der Waals surface area (Å²) in [6, 6.07) is 6.57. The van der Waals surface area contributed by atoms with Crippen molar-refractivity contribution in [3.8, 4) is 11.5 Å². The Labute approximate surface area is 136 Å². The van der Waals surface area contributed by atoms with Gasteiger partial charge >= 0.3 is 0 Å². The maximum atomic E-state index is 10.9. The molecule has 0 aliphatic carbocycles. The summed E-state index contributed by atoms with van der Waals surface area (Å²) in [5, 5.41) is 9.51. The molecule has 1 aromatic heterocycles. The molecule has 0 radical (unpaired) electrons. The van der Waals surface area contributed by atoms with E-state index in [9.17, 15) is 9.90 Å². The van der Waals surface area contributed by atoms with E-state index in [4.69, 9.17) is 10.5 Å². The van der Waals surface area contributed by atoms with E-state index >= 15 is 0 Å². The van der Waals surface area contributed by atoms with Crippen LogP contribution < -0.4 is 10.5 Å². The van der Waals surface area contributed by atoms with E-state index in [0.717, 1.165) is 17.5 Å². The van der Waals surface area contributed by atoms with E-state index in [-0.39, 0.29) is 16.7 Å². The third-order valence-corrected chi connectivity index (χ3v) is 3.65. The molecule has 1 heterocycles. The molecule has 0 unspecified atom stereocenters. The molecule has 0 spiro atoms. The maximum Gasteiger partial charge on any atom is 0.153 e. The molecule has 0 saturated carbocycles. The zero-order valence-electron chi connectivity index (χ0n) is 13.5. The van der Waals surface area contributed by atoms with Gasteiger partial charge in [0.05, 0.1) is 12.2 Å². The summed E-state index contributed by atoms with van der Waals surface area (Å²) in [4.78, 5) is 15.0. The number of nitrogens with two attached hydrogens (primary N) is 1. The largest absolute Gasteiger partial charge is 0.507 e. The van der Waals surface area contributed by atoms with E-state index in [0.29, 0.717) is 25.2 Å². The number of aromatic nitrogens is 1. The van der Waals surface area contributed by atoms with Gasteiger partial charge in [-0.05, 0) is 41.8 Å². The Morgan fingerprint density at radius 3 is 2.78 bits per heavy atom. The van der Waals surface area contributed by atoms with Crippen LogP contribution in [0, 0.1) is 5.41 Å². The van der Waals surface area contributed by atoms with Crippen LogP contribution in [0.2, 0.25) is 0 Å². The average molecular weight is 314 g/mol. The topological polar surface area (TPSA) is 85.4 Å². The van der Waals surface area contributed by atoms with E-state index in [2.05, 4.69) is 18.8 Å². The molecule has 0 aliphatic rings. The highest BCUT2D eigenvalue weighted by atomic mass is 16.5. The minimum Gasteiger partial charge on any atom is -0.507 e. The molecule has 2 rings (SSSR count). The number of benzene rings is 1. The lowest BCUT2D eigenvalue weighted by Gasteiger charge is -2.26. The number of hydrogen-bond donors (Lipinski definition) is 2. The smallest absolute Gasteiger partial charge is 0.153 e. The number of ether oxygens (including phenoxy) is 1. The predicted octanol–water partition coefficient (Wildman–Crippen LogP) is 2.71. The van der Waals surface area contributed by atoms with Crippen LogP contribution in [0.15, 0.2) is 36.7 Å². The third kappa shape index (κ3) is 4.53. The lowest BCUT2D eigenvalue weighted by molar-refractivity contribution is 0.112. The predicted molar refractivity (Wildman–Crippen MR) is 88.6 cm³/mol. The monoisotopic (exact) mass is 314 g/mol. The number of nitrogens with zero attached hydrogens (tertiary/aromatic N) is 1. The van der Waals surface area contributed by atoms with E-state index < -0.39 is 0 Å². The van der Waals surface area contributed by atoms with Crippen molar-refractivity contribution in [2.24, 2.45) is 11.1 Å². The zero-order chi connectivity index (χ0) is 16.9. The van der Waals surface area contributed by atoms with Crippen LogP contribution >= 0.6 is 0 Å². The standard InChI is InChI=1S/C18H22N2O3/c1-18(2,8-15-10-20-6-5-13(15)9-19)12-23-16-3-4-17(22)14(7-16)11-21/h3-7,10-11,22H,8-9,12,19H2,1-2H3. The minimum absolute atomic E-state index is 0.0467. The van der Waals surface area contributed by atoms with Crippen LogP contribution in [0.1, 0.15) is 35.3 Å². The Morgan fingerprint density at radius 2 is 2.09 bits per heavy atom. The molecule has 0 amide bonds. The first-order valence-corrected chi connectivity index (χ1v) is 7.48. The molecule has 1 aromatic carbocycles. The van der Waals surface area contributed by atoms with Crippen molar-refractivity contribution in [3.05, 3.63) is 53.3 Å². The molecule has 23 heavy (non-hydrogen) atoms. The highest BCUT2D eigenvalue weighted by molar-refractivity contribution is 5.79. The molecule has 0 saturated heterocycles. The van der Waals surface area contributed by atoms with Crippen molar-refractivity contribution in [1.82, 2.24) is 4.98 Å². The molecule has 2 aromatic rings. The van der Waals surface area contributed by atoms with Crippen LogP contribution in [0.5, 0.6) is 11.5 Å². The second-order valence-electron chi connectivity index (χ2n) is 6.32. The normalized spacial score (nSPS) is 11.3. The molecule has 0 bridgehead atoms. The van der Waals surface area contributed by atoms with Crippen LogP contribution in [0.25, 0.3) is 0 Å². The fraction of sp³-hybridized carbons (Fsp3) is 0.333. The summed E-state index contributed by atoms with van der Waals surface area (Å²) in [6.07, 6.45) is 4.98. The van der Waals surface area contributed by atoms with Gasteiger partial charge in [-0.25, -0.2) is 0 Å². The molecule has 0 aliphatic heterocycles. The van der Waals surface area contributed by atoms with Crippen LogP contribution in [-0.4, -0.2) is 23.0 Å². The van der Waals surface area contributed by atoms with Crippen molar-refractivity contribution in [1.29, 1.82) is 0 Å². The summed E-state index contributed by atoms with van der Waals surface area (Å²) in [6.45, 7) is 5.15. The zero-order valence-corrected chi connectivity index (χ0v) is 13.5. The van der Waals surface area contributed by atoms with Crippen molar-refractivity contribution in [3.63, 3.8) is 0 Å². The van der Waals surface area contributed by atoms with Gasteiger partial charge < -0.3 is 15.6 Å². The second-order valence-corrected chi connectivity index (χ2v) is 6.32. The van der Waals surface area contributed by atoms with Crippen LogP contribution in [0.4, 0.5) is 0 Å². The quantitative estimate of drug-likeness (QED) is 0.767. The van der Waals surface area contributed by atoms with Crippen molar-refractivity contribution in [2.75, 3.05) is 6.61 Å². The Morgan fingerprint density at radius 1 is 1.30 bits per heavy atom. The fourth-order valence-electron chi connectivity index (χ4n) is 2.38. The van der Waals surface area contributed by atoms with Gasteiger partial charge in [0.15, 0.2) is 6.29 Å². The van der Waals surface area contributed by atoms with Gasteiger partial charge in [-0.15, -0.1) is 0 Å². The van der Waals surface area contributed by atoms with Gasteiger partial charge in [-0.2, -0.15) is 0 Å². The number of carbonyl (C=O) groups excluding carboxylic acids is 1. The number of phenols is 1. The van der Waals surface area contributed by atoms with E-state index in [1.807, 2.05) is 12.3 Å². The Kier molecular flexibility index (Phi) is 5.34. The molecule has 3 N–H and O–H groups in total. The molecular formula is C18H22N2O3. The number of pyridine rings is 1.